The Morgan fingerprint density at radius 2 is 2.00 bits per heavy atom. The second-order valence-corrected chi connectivity index (χ2v) is 4.15. The Bertz CT molecular complexity index is 715. The molecule has 0 saturated carbocycles. The molecule has 0 atom stereocenters. The third-order valence-electron chi connectivity index (χ3n) is 2.53. The van der Waals surface area contributed by atoms with Crippen LogP contribution in [0.15, 0.2) is 42.7 Å². The summed E-state index contributed by atoms with van der Waals surface area (Å²) in [7, 11) is 0. The Morgan fingerprint density at radius 3 is 2.74 bits per heavy atom. The van der Waals surface area contributed by atoms with Crippen LogP contribution in [0.5, 0.6) is 0 Å². The lowest BCUT2D eigenvalue weighted by Gasteiger charge is -2.06. The Morgan fingerprint density at radius 1 is 1.21 bits per heavy atom. The minimum atomic E-state index is 0.188. The molecule has 1 aromatic carbocycles. The lowest BCUT2D eigenvalue weighted by atomic mass is 10.3. The Kier molecular flexibility index (Phi) is 2.76. The van der Waals surface area contributed by atoms with Gasteiger partial charge in [-0.2, -0.15) is 4.68 Å². The predicted molar refractivity (Wildman–Crippen MR) is 72.2 cm³/mol. The van der Waals surface area contributed by atoms with Crippen molar-refractivity contribution in [1.29, 1.82) is 0 Å². The molecule has 0 fully saturated rings. The number of hydrogen-bond acceptors (Lipinski definition) is 5. The molecular formula is C11H9N7S. The third kappa shape index (κ3) is 1.97. The van der Waals surface area contributed by atoms with E-state index in [0.717, 1.165) is 5.69 Å². The summed E-state index contributed by atoms with van der Waals surface area (Å²) in [6.45, 7) is 0. The first-order valence-corrected chi connectivity index (χ1v) is 5.85. The van der Waals surface area contributed by atoms with E-state index in [-0.39, 0.29) is 4.99 Å². The monoisotopic (exact) mass is 271 g/mol. The summed E-state index contributed by atoms with van der Waals surface area (Å²) >= 11 is 4.95. The minimum absolute atomic E-state index is 0.188. The Hall–Kier alpha value is -2.61. The number of thiocarbonyl (C=S) groups is 1. The number of nitrogens with zero attached hydrogens (tertiary/aromatic N) is 6. The van der Waals surface area contributed by atoms with Crippen LogP contribution in [0, 0.1) is 0 Å². The van der Waals surface area contributed by atoms with E-state index in [0.29, 0.717) is 11.8 Å². The van der Waals surface area contributed by atoms with Crippen molar-refractivity contribution < 1.29 is 0 Å². The normalized spacial score (nSPS) is 10.5. The van der Waals surface area contributed by atoms with Gasteiger partial charge in [0.1, 0.15) is 4.99 Å². The first-order chi connectivity index (χ1) is 9.27. The SMILES string of the molecule is NC(=S)c1nccn1-c1nnnn1-c1ccccc1. The first-order valence-electron chi connectivity index (χ1n) is 5.44. The number of para-hydroxylation sites is 1. The van der Waals surface area contributed by atoms with Crippen LogP contribution >= 0.6 is 12.2 Å². The zero-order valence-corrected chi connectivity index (χ0v) is 10.5. The fourth-order valence-corrected chi connectivity index (χ4v) is 1.87. The lowest BCUT2D eigenvalue weighted by molar-refractivity contribution is 0.771. The summed E-state index contributed by atoms with van der Waals surface area (Å²) in [4.78, 5) is 4.28. The molecular weight excluding hydrogens is 262 g/mol. The zero-order chi connectivity index (χ0) is 13.2. The molecule has 0 radical (unpaired) electrons. The van der Waals surface area contributed by atoms with Gasteiger partial charge in [-0.1, -0.05) is 35.5 Å². The molecule has 0 aliphatic carbocycles. The number of hydrogen-bond donors (Lipinski definition) is 1. The van der Waals surface area contributed by atoms with E-state index in [1.165, 1.54) is 0 Å². The topological polar surface area (TPSA) is 87.4 Å². The highest BCUT2D eigenvalue weighted by Crippen LogP contribution is 2.12. The highest BCUT2D eigenvalue weighted by molar-refractivity contribution is 7.80. The molecule has 0 amide bonds. The van der Waals surface area contributed by atoms with Crippen molar-refractivity contribution in [2.24, 2.45) is 5.73 Å². The fourth-order valence-electron chi connectivity index (χ4n) is 1.72. The molecule has 0 unspecified atom stereocenters. The van der Waals surface area contributed by atoms with Crippen LogP contribution in [0.2, 0.25) is 0 Å². The largest absolute Gasteiger partial charge is 0.387 e. The van der Waals surface area contributed by atoms with Crippen molar-refractivity contribution in [3.63, 3.8) is 0 Å². The number of benzene rings is 1. The molecule has 3 aromatic rings. The van der Waals surface area contributed by atoms with Crippen molar-refractivity contribution >= 4 is 17.2 Å². The van der Waals surface area contributed by atoms with E-state index >= 15 is 0 Å². The Labute approximate surface area is 113 Å². The highest BCUT2D eigenvalue weighted by atomic mass is 32.1. The van der Waals surface area contributed by atoms with Crippen LogP contribution in [0.4, 0.5) is 0 Å². The standard InChI is InChI=1S/C11H9N7S/c12-9(19)10-13-6-7-17(10)11-14-15-16-18(11)8-4-2-1-3-5-8/h1-7H,(H2,12,19). The second-order valence-electron chi connectivity index (χ2n) is 3.71. The van der Waals surface area contributed by atoms with Gasteiger partial charge in [0.15, 0.2) is 5.82 Å². The van der Waals surface area contributed by atoms with E-state index < -0.39 is 0 Å². The van der Waals surface area contributed by atoms with Crippen LogP contribution in [0.25, 0.3) is 11.6 Å². The molecule has 8 heteroatoms. The lowest BCUT2D eigenvalue weighted by Crippen LogP contribution is -2.18. The van der Waals surface area contributed by atoms with Crippen LogP contribution in [0.3, 0.4) is 0 Å². The van der Waals surface area contributed by atoms with Crippen molar-refractivity contribution in [1.82, 2.24) is 29.8 Å². The van der Waals surface area contributed by atoms with Gasteiger partial charge in [-0.05, 0) is 22.6 Å². The van der Waals surface area contributed by atoms with Crippen molar-refractivity contribution in [2.75, 3.05) is 0 Å². The maximum absolute atomic E-state index is 5.62. The molecule has 94 valence electrons. The van der Waals surface area contributed by atoms with Gasteiger partial charge in [0.2, 0.25) is 0 Å². The summed E-state index contributed by atoms with van der Waals surface area (Å²) in [5.74, 6) is 0.925. The van der Waals surface area contributed by atoms with Crippen molar-refractivity contribution in [3.05, 3.63) is 48.5 Å². The smallest absolute Gasteiger partial charge is 0.260 e. The molecule has 0 aliphatic rings. The predicted octanol–water partition coefficient (Wildman–Crippen LogP) is 0.482. The summed E-state index contributed by atoms with van der Waals surface area (Å²) in [6, 6.07) is 9.53. The average molecular weight is 271 g/mol. The Balaban J connectivity index is 2.15. The molecule has 2 heterocycles. The van der Waals surface area contributed by atoms with Gasteiger partial charge in [0.25, 0.3) is 5.95 Å². The second kappa shape index (κ2) is 4.58. The fraction of sp³-hybridized carbons (Fsp3) is 0. The highest BCUT2D eigenvalue weighted by Gasteiger charge is 2.15. The van der Waals surface area contributed by atoms with E-state index in [1.54, 1.807) is 21.6 Å². The number of aromatic nitrogens is 6. The van der Waals surface area contributed by atoms with Gasteiger partial charge in [0.05, 0.1) is 5.69 Å². The number of imidazole rings is 1. The minimum Gasteiger partial charge on any atom is -0.387 e. The third-order valence-corrected chi connectivity index (χ3v) is 2.71. The van der Waals surface area contributed by atoms with Gasteiger partial charge in [-0.25, -0.2) is 4.98 Å². The molecule has 7 nitrogen and oxygen atoms in total. The molecule has 0 spiro atoms. The average Bonchev–Trinajstić information content (AvgIpc) is 3.08. The molecule has 19 heavy (non-hydrogen) atoms. The maximum atomic E-state index is 5.62. The van der Waals surface area contributed by atoms with E-state index in [1.807, 2.05) is 30.3 Å². The molecule has 2 N–H and O–H groups in total. The van der Waals surface area contributed by atoms with Gasteiger partial charge in [-0.15, -0.1) is 0 Å². The maximum Gasteiger partial charge on any atom is 0.260 e. The van der Waals surface area contributed by atoms with Crippen LogP contribution in [-0.4, -0.2) is 34.7 Å². The quantitative estimate of drug-likeness (QED) is 0.697. The van der Waals surface area contributed by atoms with Gasteiger partial charge >= 0.3 is 0 Å². The summed E-state index contributed by atoms with van der Waals surface area (Å²) in [5, 5.41) is 11.6. The van der Waals surface area contributed by atoms with E-state index in [2.05, 4.69) is 20.5 Å². The zero-order valence-electron chi connectivity index (χ0n) is 9.71. The number of rotatable bonds is 3. The number of tetrazole rings is 1. The van der Waals surface area contributed by atoms with Crippen LogP contribution in [0.1, 0.15) is 5.82 Å². The molecule has 2 aromatic heterocycles. The summed E-state index contributed by atoms with van der Waals surface area (Å²) < 4.78 is 3.23. The van der Waals surface area contributed by atoms with E-state index in [4.69, 9.17) is 18.0 Å². The summed E-state index contributed by atoms with van der Waals surface area (Å²) in [5.41, 5.74) is 6.46. The molecule has 0 aliphatic heterocycles. The van der Waals surface area contributed by atoms with E-state index in [9.17, 15) is 0 Å². The van der Waals surface area contributed by atoms with Gasteiger partial charge in [0, 0.05) is 12.4 Å². The van der Waals surface area contributed by atoms with Crippen LogP contribution in [-0.2, 0) is 0 Å². The molecule has 3 rings (SSSR count). The number of nitrogens with two attached hydrogens (primary N) is 1. The van der Waals surface area contributed by atoms with Crippen molar-refractivity contribution in [3.8, 4) is 11.6 Å². The molecule has 0 saturated heterocycles. The summed E-state index contributed by atoms with van der Waals surface area (Å²) in [6.07, 6.45) is 3.30. The molecule has 0 bridgehead atoms. The van der Waals surface area contributed by atoms with Gasteiger partial charge < -0.3 is 5.73 Å². The first kappa shape index (κ1) is 11.5. The van der Waals surface area contributed by atoms with Crippen LogP contribution < -0.4 is 5.73 Å². The van der Waals surface area contributed by atoms with Crippen molar-refractivity contribution in [2.45, 2.75) is 0 Å². The van der Waals surface area contributed by atoms with Gasteiger partial charge in [-0.3, -0.25) is 4.57 Å².